The molecule has 0 saturated heterocycles. The minimum absolute atomic E-state index is 0. The molecule has 0 atom stereocenters. The van der Waals surface area contributed by atoms with Gasteiger partial charge in [-0.2, -0.15) is 5.10 Å². The molecule has 0 aliphatic carbocycles. The maximum atomic E-state index is 13.1. The van der Waals surface area contributed by atoms with Crippen LogP contribution >= 0.6 is 24.0 Å². The standard InChI is InChI=1S/C19H28FN5O.HI/c1-4-21-19(22-9-6-11-25-16(3)13-15(2)24-25)23-10-12-26-18-8-5-7-17(20)14-18;/h5,7-8,13-14H,4,6,9-12H2,1-3H3,(H2,21,22,23);1H. The number of rotatable bonds is 9. The summed E-state index contributed by atoms with van der Waals surface area (Å²) in [6.07, 6.45) is 0.915. The zero-order valence-electron chi connectivity index (χ0n) is 16.2. The van der Waals surface area contributed by atoms with E-state index in [0.29, 0.717) is 25.4 Å². The molecule has 1 aromatic heterocycles. The van der Waals surface area contributed by atoms with Gasteiger partial charge in [-0.3, -0.25) is 9.67 Å². The average molecular weight is 489 g/mol. The van der Waals surface area contributed by atoms with Gasteiger partial charge in [-0.05, 0) is 45.4 Å². The van der Waals surface area contributed by atoms with Gasteiger partial charge in [-0.25, -0.2) is 4.39 Å². The second-order valence-corrected chi connectivity index (χ2v) is 6.00. The molecule has 8 heteroatoms. The zero-order chi connectivity index (χ0) is 18.8. The van der Waals surface area contributed by atoms with Crippen molar-refractivity contribution >= 4 is 29.9 Å². The van der Waals surface area contributed by atoms with Crippen molar-refractivity contribution in [2.75, 3.05) is 26.2 Å². The Kier molecular flexibility index (Phi) is 10.8. The largest absolute Gasteiger partial charge is 0.492 e. The van der Waals surface area contributed by atoms with E-state index >= 15 is 0 Å². The highest BCUT2D eigenvalue weighted by Gasteiger charge is 2.01. The molecule has 1 aromatic carbocycles. The third-order valence-corrected chi connectivity index (χ3v) is 3.70. The lowest BCUT2D eigenvalue weighted by Gasteiger charge is -2.12. The molecular weight excluding hydrogens is 460 g/mol. The van der Waals surface area contributed by atoms with Crippen LogP contribution in [-0.2, 0) is 6.54 Å². The van der Waals surface area contributed by atoms with Gasteiger partial charge in [0.15, 0.2) is 5.96 Å². The Balaban J connectivity index is 0.00000364. The van der Waals surface area contributed by atoms with Crippen LogP contribution in [0.25, 0.3) is 0 Å². The predicted molar refractivity (Wildman–Crippen MR) is 118 cm³/mol. The fraction of sp³-hybridized carbons (Fsp3) is 0.474. The van der Waals surface area contributed by atoms with E-state index in [4.69, 9.17) is 4.74 Å². The molecule has 0 aliphatic rings. The van der Waals surface area contributed by atoms with Gasteiger partial charge < -0.3 is 15.4 Å². The number of hydrogen-bond acceptors (Lipinski definition) is 3. The molecule has 150 valence electrons. The number of halogens is 2. The lowest BCUT2D eigenvalue weighted by Crippen LogP contribution is -2.39. The monoisotopic (exact) mass is 489 g/mol. The Hall–Kier alpha value is -1.84. The van der Waals surface area contributed by atoms with Gasteiger partial charge in [0.2, 0.25) is 0 Å². The Labute approximate surface area is 177 Å². The second-order valence-electron chi connectivity index (χ2n) is 6.00. The lowest BCUT2D eigenvalue weighted by atomic mass is 10.3. The summed E-state index contributed by atoms with van der Waals surface area (Å²) in [5, 5.41) is 10.9. The summed E-state index contributed by atoms with van der Waals surface area (Å²) in [6.45, 7) is 9.45. The molecule has 2 rings (SSSR count). The number of guanidine groups is 1. The van der Waals surface area contributed by atoms with Crippen molar-refractivity contribution < 1.29 is 9.13 Å². The van der Waals surface area contributed by atoms with Crippen LogP contribution in [0.4, 0.5) is 4.39 Å². The first-order chi connectivity index (χ1) is 12.6. The van der Waals surface area contributed by atoms with Gasteiger partial charge in [0.25, 0.3) is 0 Å². The van der Waals surface area contributed by atoms with Crippen molar-refractivity contribution in [1.82, 2.24) is 20.4 Å². The van der Waals surface area contributed by atoms with E-state index in [-0.39, 0.29) is 29.8 Å². The molecule has 1 heterocycles. The molecule has 0 amide bonds. The van der Waals surface area contributed by atoms with E-state index in [1.54, 1.807) is 12.1 Å². The van der Waals surface area contributed by atoms with Crippen molar-refractivity contribution in [1.29, 1.82) is 0 Å². The number of ether oxygens (including phenoxy) is 1. The summed E-state index contributed by atoms with van der Waals surface area (Å²) in [6, 6.07) is 8.21. The highest BCUT2D eigenvalue weighted by molar-refractivity contribution is 14.0. The molecule has 27 heavy (non-hydrogen) atoms. The van der Waals surface area contributed by atoms with Crippen molar-refractivity contribution in [3.63, 3.8) is 0 Å². The lowest BCUT2D eigenvalue weighted by molar-refractivity contribution is 0.320. The van der Waals surface area contributed by atoms with Crippen molar-refractivity contribution in [2.45, 2.75) is 33.7 Å². The number of hydrogen-bond donors (Lipinski definition) is 2. The Morgan fingerprint density at radius 3 is 2.74 bits per heavy atom. The molecule has 0 bridgehead atoms. The fourth-order valence-corrected chi connectivity index (χ4v) is 2.55. The van der Waals surface area contributed by atoms with Gasteiger partial charge in [0.05, 0.1) is 12.2 Å². The van der Waals surface area contributed by atoms with Gasteiger partial charge in [0.1, 0.15) is 18.2 Å². The molecule has 0 spiro atoms. The minimum atomic E-state index is -0.298. The maximum absolute atomic E-state index is 13.1. The van der Waals surface area contributed by atoms with Crippen LogP contribution < -0.4 is 15.4 Å². The fourth-order valence-electron chi connectivity index (χ4n) is 2.55. The van der Waals surface area contributed by atoms with Crippen molar-refractivity contribution in [3.8, 4) is 5.75 Å². The van der Waals surface area contributed by atoms with E-state index < -0.39 is 0 Å². The molecule has 0 fully saturated rings. The molecule has 6 nitrogen and oxygen atoms in total. The molecule has 2 N–H and O–H groups in total. The summed E-state index contributed by atoms with van der Waals surface area (Å²) in [5.41, 5.74) is 2.21. The highest BCUT2D eigenvalue weighted by atomic mass is 127. The quantitative estimate of drug-likeness (QED) is 0.246. The molecular formula is C19H29FIN5O. The first-order valence-electron chi connectivity index (χ1n) is 9.00. The number of nitrogens with one attached hydrogen (secondary N) is 2. The SMILES string of the molecule is CCNC(=NCCCn1nc(C)cc1C)NCCOc1cccc(F)c1.I. The minimum Gasteiger partial charge on any atom is -0.492 e. The Morgan fingerprint density at radius 1 is 1.26 bits per heavy atom. The topological polar surface area (TPSA) is 63.5 Å². The van der Waals surface area contributed by atoms with E-state index in [1.165, 1.54) is 17.8 Å². The summed E-state index contributed by atoms with van der Waals surface area (Å²) in [7, 11) is 0. The third kappa shape index (κ3) is 8.59. The van der Waals surface area contributed by atoms with Crippen LogP contribution in [0.15, 0.2) is 35.3 Å². The molecule has 0 aliphatic heterocycles. The normalized spacial score (nSPS) is 11.0. The van der Waals surface area contributed by atoms with Crippen LogP contribution in [0.1, 0.15) is 24.7 Å². The second kappa shape index (κ2) is 12.5. The first-order valence-corrected chi connectivity index (χ1v) is 9.00. The van der Waals surface area contributed by atoms with E-state index in [0.717, 1.165) is 31.2 Å². The van der Waals surface area contributed by atoms with E-state index in [1.807, 2.05) is 18.5 Å². The average Bonchev–Trinajstić information content (AvgIpc) is 2.93. The molecule has 2 aromatic rings. The van der Waals surface area contributed by atoms with Gasteiger partial charge >= 0.3 is 0 Å². The van der Waals surface area contributed by atoms with Crippen LogP contribution in [0, 0.1) is 19.7 Å². The maximum Gasteiger partial charge on any atom is 0.191 e. The number of benzene rings is 1. The third-order valence-electron chi connectivity index (χ3n) is 3.70. The Morgan fingerprint density at radius 2 is 2.07 bits per heavy atom. The summed E-state index contributed by atoms with van der Waals surface area (Å²) >= 11 is 0. The van der Waals surface area contributed by atoms with Gasteiger partial charge in [0, 0.05) is 31.4 Å². The zero-order valence-corrected chi connectivity index (χ0v) is 18.5. The van der Waals surface area contributed by atoms with Crippen LogP contribution in [0.3, 0.4) is 0 Å². The van der Waals surface area contributed by atoms with Crippen LogP contribution in [0.2, 0.25) is 0 Å². The Bertz CT molecular complexity index is 720. The summed E-state index contributed by atoms with van der Waals surface area (Å²) in [4.78, 5) is 4.56. The van der Waals surface area contributed by atoms with E-state index in [9.17, 15) is 4.39 Å². The van der Waals surface area contributed by atoms with Crippen molar-refractivity contribution in [2.24, 2.45) is 4.99 Å². The first kappa shape index (κ1) is 23.2. The summed E-state index contributed by atoms with van der Waals surface area (Å²) < 4.78 is 20.6. The molecule has 0 saturated carbocycles. The molecule has 0 unspecified atom stereocenters. The predicted octanol–water partition coefficient (Wildman–Crippen LogP) is 3.28. The van der Waals surface area contributed by atoms with Crippen molar-refractivity contribution in [3.05, 3.63) is 47.5 Å². The number of aryl methyl sites for hydroxylation is 3. The number of nitrogens with zero attached hydrogens (tertiary/aromatic N) is 3. The van der Waals surface area contributed by atoms with Crippen LogP contribution in [0.5, 0.6) is 5.75 Å². The number of aliphatic imine (C=N–C) groups is 1. The van der Waals surface area contributed by atoms with Crippen LogP contribution in [-0.4, -0.2) is 42.0 Å². The van der Waals surface area contributed by atoms with Gasteiger partial charge in [-0.1, -0.05) is 6.07 Å². The molecule has 0 radical (unpaired) electrons. The van der Waals surface area contributed by atoms with Gasteiger partial charge in [-0.15, -0.1) is 24.0 Å². The highest BCUT2D eigenvalue weighted by Crippen LogP contribution is 2.11. The summed E-state index contributed by atoms with van der Waals surface area (Å²) in [5.74, 6) is 0.982. The number of aromatic nitrogens is 2. The smallest absolute Gasteiger partial charge is 0.191 e. The van der Waals surface area contributed by atoms with E-state index in [2.05, 4.69) is 33.7 Å².